The van der Waals surface area contributed by atoms with Crippen molar-refractivity contribution >= 4 is 82.6 Å². The number of nitrogen functional groups attached to an aromatic ring is 3. The average molecular weight is 1670 g/mol. The number of anilines is 3. The normalized spacial score (nSPS) is 36.1. The van der Waals surface area contributed by atoms with Crippen molar-refractivity contribution in [3.05, 3.63) is 115 Å². The summed E-state index contributed by atoms with van der Waals surface area (Å²) in [5, 5.41) is 22.1. The van der Waals surface area contributed by atoms with Gasteiger partial charge in [-0.2, -0.15) is 15.0 Å². The molecule has 58 heteroatoms. The lowest BCUT2D eigenvalue weighted by atomic mass is 10.0. The van der Waals surface area contributed by atoms with Crippen LogP contribution in [0, 0.1) is 13.8 Å². The number of aliphatic hydroxyl groups is 2. The van der Waals surface area contributed by atoms with Crippen LogP contribution in [0.25, 0.3) is 33.5 Å². The van der Waals surface area contributed by atoms with E-state index in [1.54, 1.807) is 0 Å². The molecule has 10 fully saturated rings. The first-order valence-corrected chi connectivity index (χ1v) is 39.6. The molecule has 0 spiro atoms. The van der Waals surface area contributed by atoms with Crippen molar-refractivity contribution in [3.8, 4) is 0 Å². The minimum absolute atomic E-state index is 0.0526. The number of hydrogen-bond acceptors (Lipinski definition) is 40. The van der Waals surface area contributed by atoms with E-state index in [0.29, 0.717) is 0 Å². The number of aromatic nitrogens is 16. The zero-order chi connectivity index (χ0) is 79.6. The fourth-order valence-electron chi connectivity index (χ4n) is 15.7. The number of ether oxygens (including phenoxy) is 10. The highest BCUT2D eigenvalue weighted by molar-refractivity contribution is 7.48. The Morgan fingerprint density at radius 3 is 1.04 bits per heavy atom. The first-order chi connectivity index (χ1) is 53.5. The molecule has 0 amide bonds. The van der Waals surface area contributed by atoms with E-state index in [-0.39, 0.29) is 44.6 Å². The molecular formula is C55H63N19O35P4. The van der Waals surface area contributed by atoms with Crippen LogP contribution in [0.1, 0.15) is 42.3 Å². The Morgan fingerprint density at radius 1 is 0.425 bits per heavy atom. The molecule has 10 bridgehead atoms. The molecule has 8 aromatic heterocycles. The van der Waals surface area contributed by atoms with Gasteiger partial charge in [-0.25, -0.2) is 42.8 Å². The second-order valence-corrected chi connectivity index (χ2v) is 33.8. The summed E-state index contributed by atoms with van der Waals surface area (Å²) in [6, 6.07) is 0. The predicted molar refractivity (Wildman–Crippen MR) is 358 cm³/mol. The molecule has 608 valence electrons. The maximum Gasteiger partial charge on any atom is 0.472 e. The van der Waals surface area contributed by atoms with Crippen LogP contribution < -0.4 is 56.4 Å². The summed E-state index contributed by atoms with van der Waals surface area (Å²) in [6.07, 6.45) is -19.0. The number of H-pyrrole nitrogens is 5. The summed E-state index contributed by atoms with van der Waals surface area (Å²) in [6.45, 7) is -5.78. The molecule has 0 aliphatic carbocycles. The molecule has 8 aromatic rings. The van der Waals surface area contributed by atoms with Gasteiger partial charge in [0.1, 0.15) is 89.0 Å². The third-order valence-electron chi connectivity index (χ3n) is 21.1. The Kier molecular flexibility index (Phi) is 17.8. The number of phosphoric acid groups is 4. The Bertz CT molecular complexity index is 5930. The fraction of sp³-hybridized carbons (Fsp3) is 0.582. The predicted octanol–water partition coefficient (Wildman–Crippen LogP) is -6.46. The van der Waals surface area contributed by atoms with Gasteiger partial charge in [0.2, 0.25) is 17.8 Å². The van der Waals surface area contributed by atoms with Crippen LogP contribution >= 0.6 is 31.3 Å². The van der Waals surface area contributed by atoms with Gasteiger partial charge in [-0.1, -0.05) is 0 Å². The number of aryl methyl sites for hydroxylation is 2. The van der Waals surface area contributed by atoms with Gasteiger partial charge >= 0.3 is 42.7 Å². The molecular weight excluding hydrogens is 1610 g/mol. The number of nitrogens with zero attached hydrogens (tertiary/aromatic N) is 11. The van der Waals surface area contributed by atoms with Crippen LogP contribution in [0.15, 0.2) is 64.9 Å². The van der Waals surface area contributed by atoms with Crippen LogP contribution in [-0.2, 0) is 102 Å². The third-order valence-corrected chi connectivity index (χ3v) is 24.9. The number of nitrogens with two attached hydrogens (primary N) is 3. The van der Waals surface area contributed by atoms with E-state index < -0.39 is 275 Å². The lowest BCUT2D eigenvalue weighted by Gasteiger charge is -2.34. The fourth-order valence-corrected chi connectivity index (χ4v) is 19.8. The Labute approximate surface area is 622 Å². The molecule has 10 aliphatic rings. The van der Waals surface area contributed by atoms with Crippen LogP contribution in [-0.4, -0.2) is 263 Å². The number of nitrogens with one attached hydrogen (secondary N) is 5. The van der Waals surface area contributed by atoms with Crippen molar-refractivity contribution in [2.45, 2.75) is 134 Å². The molecule has 18 heterocycles. The largest absolute Gasteiger partial charge is 0.472 e. The molecule has 4 unspecified atom stereocenters. The Hall–Kier alpha value is -8.23. The second kappa shape index (κ2) is 26.4. The van der Waals surface area contributed by atoms with Crippen LogP contribution in [0.5, 0.6) is 0 Å². The molecule has 0 aromatic carbocycles. The van der Waals surface area contributed by atoms with Gasteiger partial charge in [0.25, 0.3) is 27.8 Å². The van der Waals surface area contributed by atoms with E-state index in [2.05, 4.69) is 54.8 Å². The molecule has 10 saturated heterocycles. The molecule has 24 atom stereocenters. The van der Waals surface area contributed by atoms with Gasteiger partial charge in [0.05, 0.1) is 85.1 Å². The SMILES string of the molecule is Cc1cn([C@@H]2O[C@@]3(COP(=O)(O)O[C@H]4[C@H]5OC[C@]4(COP(=O)(O)O[C@H]4[C@H]6OC[C@]4(COP(=O)(O)O[C@H]4[C@H]7OC[C@]4(COP(=O)(O)O[C@H]4[C@H]8OC[C@]4(CO)O[C@H]8n4cc(C)c(=O)[nH]c4=O)O[C@H]7n4cnc7c(=O)[nH]c(N)nc74)O[C@H]6n4cnc6c(=O)[nH]c(N)nc64)O[C@H]5n4cnc5c(=O)[nH]c(N)nc54)CO[C@@H]2[C@@H]3O)c(=O)[nH]c1=O. The summed E-state index contributed by atoms with van der Waals surface area (Å²) < 4.78 is 171. The summed E-state index contributed by atoms with van der Waals surface area (Å²) in [7, 11) is -22.8. The number of imidazole rings is 3. The van der Waals surface area contributed by atoms with Crippen molar-refractivity contribution in [2.24, 2.45) is 0 Å². The number of fused-ring (bicyclic) bond motifs is 13. The molecule has 113 heavy (non-hydrogen) atoms. The number of aliphatic hydroxyl groups excluding tert-OH is 2. The van der Waals surface area contributed by atoms with Crippen molar-refractivity contribution in [2.75, 3.05) is 83.3 Å². The van der Waals surface area contributed by atoms with Crippen molar-refractivity contribution < 1.29 is 132 Å². The molecule has 0 saturated carbocycles. The Morgan fingerprint density at radius 2 is 0.699 bits per heavy atom. The number of rotatable bonds is 26. The van der Waals surface area contributed by atoms with Gasteiger partial charge in [0.15, 0.2) is 64.6 Å². The van der Waals surface area contributed by atoms with Gasteiger partial charge in [-0.05, 0) is 13.8 Å². The highest BCUT2D eigenvalue weighted by Crippen LogP contribution is 2.63. The van der Waals surface area contributed by atoms with Gasteiger partial charge in [0, 0.05) is 23.5 Å². The monoisotopic (exact) mass is 1670 g/mol. The molecule has 0 radical (unpaired) electrons. The van der Waals surface area contributed by atoms with Crippen LogP contribution in [0.3, 0.4) is 0 Å². The van der Waals surface area contributed by atoms with Crippen LogP contribution in [0.2, 0.25) is 0 Å². The van der Waals surface area contributed by atoms with E-state index in [9.17, 15) is 81.6 Å². The van der Waals surface area contributed by atoms with E-state index in [0.717, 1.165) is 54.2 Å². The summed E-state index contributed by atoms with van der Waals surface area (Å²) in [5.74, 6) is -1.23. The van der Waals surface area contributed by atoms with E-state index in [1.165, 1.54) is 13.8 Å². The average Bonchev–Trinajstić information content (AvgIpc) is 1.57. The van der Waals surface area contributed by atoms with Crippen molar-refractivity contribution in [1.82, 2.24) is 77.7 Å². The minimum atomic E-state index is -5.83. The zero-order valence-corrected chi connectivity index (χ0v) is 61.2. The molecule has 17 N–H and O–H groups in total. The minimum Gasteiger partial charge on any atom is -0.393 e. The molecule has 18 rings (SSSR count). The number of phosphoric ester groups is 4. The molecule has 10 aliphatic heterocycles. The highest BCUT2D eigenvalue weighted by Gasteiger charge is 2.72. The van der Waals surface area contributed by atoms with Gasteiger partial charge in [-0.3, -0.25) is 108 Å². The van der Waals surface area contributed by atoms with Gasteiger partial charge < -0.3 is 94.4 Å². The van der Waals surface area contributed by atoms with E-state index in [4.69, 9.17) is 101 Å². The summed E-state index contributed by atoms with van der Waals surface area (Å²) in [5.41, 5.74) is -0.451. The van der Waals surface area contributed by atoms with Crippen molar-refractivity contribution in [1.29, 1.82) is 0 Å². The second-order valence-electron chi connectivity index (χ2n) is 28.2. The number of hydrogen-bond donors (Lipinski definition) is 14. The lowest BCUT2D eigenvalue weighted by molar-refractivity contribution is -0.189. The summed E-state index contributed by atoms with van der Waals surface area (Å²) >= 11 is 0. The first-order valence-electron chi connectivity index (χ1n) is 33.7. The Balaban J connectivity index is 0.623. The first kappa shape index (κ1) is 76.1. The third kappa shape index (κ3) is 12.4. The van der Waals surface area contributed by atoms with Crippen LogP contribution in [0.4, 0.5) is 17.8 Å². The lowest BCUT2D eigenvalue weighted by Crippen LogP contribution is -2.48. The number of aromatic amines is 5. The van der Waals surface area contributed by atoms with Crippen molar-refractivity contribution in [3.63, 3.8) is 0 Å². The topological polar surface area (TPSA) is 734 Å². The maximum atomic E-state index is 15.0. The van der Waals surface area contributed by atoms with Gasteiger partial charge in [-0.15, -0.1) is 0 Å². The highest BCUT2D eigenvalue weighted by atomic mass is 31.2. The zero-order valence-electron chi connectivity index (χ0n) is 57.6. The van der Waals surface area contributed by atoms with E-state index >= 15 is 0 Å². The standard InChI is InChI=1S/C55H63N19O35P4/c1-18-3-70(49(82)68-36(18)77)41-23-28(76)52(102-41,7-92-23)11-97-110(84,85)107-30-25-43(72-15-59-20-33(72)62-46(56)65-38(20)79)104-54(30,9-94-25)13-99-112(88,89)109-32-27-45(74-17-61-22-35(74)64-48(58)67-40(22)81)105-55(32,10-96-27)14-100-113(90,91)108-31-26-44(73-16-60-21-34(73)63-47(57)66-39(21)80)103-53(31,8-95-26)12-98-111(86,87)106-29-24-42(101-51(29,5-75)6-93-24)71-4-19(2)37(78)69-50(71)83/h3-4,15-17,23-32,41-45,75-76H,5-14H2,1-2H3,(H,84,85)(H,86,87)(H,88,89)(H,90,91)(H,68,77,82)(H,69,78,83)(H3,56,62,65,79)(H3,57,63,66,80)(H3,58,64,67,81)/t23-,24-,25-,26-,27-,28+,29+,30+,31+,32+,41-,42-,43-,44-,45-,51+,52-,53-,54-,55-/m1/s1. The smallest absolute Gasteiger partial charge is 0.393 e. The summed E-state index contributed by atoms with van der Waals surface area (Å²) in [4.78, 5) is 173. The molecule has 54 nitrogen and oxygen atoms in total. The van der Waals surface area contributed by atoms with E-state index in [1.807, 2.05) is 0 Å². The maximum absolute atomic E-state index is 15.0. The quantitative estimate of drug-likeness (QED) is 0.0224.